The van der Waals surface area contributed by atoms with E-state index in [4.69, 9.17) is 4.42 Å². The van der Waals surface area contributed by atoms with Gasteiger partial charge < -0.3 is 4.42 Å². The monoisotopic (exact) mass is 328 g/mol. The summed E-state index contributed by atoms with van der Waals surface area (Å²) in [6, 6.07) is 4.18. The van der Waals surface area contributed by atoms with Crippen LogP contribution in [0.25, 0.3) is 0 Å². The maximum absolute atomic E-state index is 5.78. The summed E-state index contributed by atoms with van der Waals surface area (Å²) >= 11 is 3.42. The van der Waals surface area contributed by atoms with Gasteiger partial charge in [-0.05, 0) is 40.9 Å². The van der Waals surface area contributed by atoms with Crippen molar-refractivity contribution in [2.45, 2.75) is 84.0 Å². The summed E-state index contributed by atoms with van der Waals surface area (Å²) < 4.78 is 6.65. The van der Waals surface area contributed by atoms with Gasteiger partial charge in [0.05, 0.1) is 0 Å². The van der Waals surface area contributed by atoms with Gasteiger partial charge in [-0.1, -0.05) is 65.2 Å². The fraction of sp³-hybridized carbons (Fsp3) is 0.765. The van der Waals surface area contributed by atoms with Crippen LogP contribution in [0.15, 0.2) is 21.2 Å². The predicted molar refractivity (Wildman–Crippen MR) is 86.7 cm³/mol. The highest BCUT2D eigenvalue weighted by Gasteiger charge is 2.14. The zero-order valence-corrected chi connectivity index (χ0v) is 14.2. The maximum Gasteiger partial charge on any atom is 0.169 e. The minimum Gasteiger partial charge on any atom is -0.454 e. The summed E-state index contributed by atoms with van der Waals surface area (Å²) in [5.41, 5.74) is 0. The fourth-order valence-corrected chi connectivity index (χ4v) is 2.93. The molecule has 0 N–H and O–H groups in total. The first-order chi connectivity index (χ1) is 9.27. The van der Waals surface area contributed by atoms with Crippen molar-refractivity contribution < 1.29 is 4.42 Å². The number of hydrogen-bond acceptors (Lipinski definition) is 1. The van der Waals surface area contributed by atoms with Crippen LogP contribution in [-0.2, 0) is 0 Å². The number of furan rings is 1. The molecule has 19 heavy (non-hydrogen) atoms. The highest BCUT2D eigenvalue weighted by molar-refractivity contribution is 9.10. The third kappa shape index (κ3) is 7.20. The van der Waals surface area contributed by atoms with Crippen LogP contribution in [0.1, 0.15) is 89.7 Å². The molecule has 0 aromatic carbocycles. The molecule has 0 fully saturated rings. The number of unbranched alkanes of at least 4 members (excludes halogenated alkanes) is 6. The van der Waals surface area contributed by atoms with E-state index in [1.54, 1.807) is 0 Å². The van der Waals surface area contributed by atoms with Gasteiger partial charge in [-0.3, -0.25) is 0 Å². The van der Waals surface area contributed by atoms with E-state index in [2.05, 4.69) is 35.8 Å². The average molecular weight is 329 g/mol. The molecule has 0 radical (unpaired) electrons. The number of rotatable bonds is 11. The average Bonchev–Trinajstić information content (AvgIpc) is 2.83. The van der Waals surface area contributed by atoms with Gasteiger partial charge in [0, 0.05) is 5.92 Å². The number of hydrogen-bond donors (Lipinski definition) is 0. The summed E-state index contributed by atoms with van der Waals surface area (Å²) in [6.45, 7) is 4.54. The Balaban J connectivity index is 2.38. The van der Waals surface area contributed by atoms with Gasteiger partial charge in [-0.2, -0.15) is 0 Å². The van der Waals surface area contributed by atoms with Crippen LogP contribution in [-0.4, -0.2) is 0 Å². The smallest absolute Gasteiger partial charge is 0.169 e. The molecule has 1 aromatic heterocycles. The first-order valence-corrected chi connectivity index (χ1v) is 8.82. The standard InChI is InChI=1S/C17H29BrO/c1-3-5-7-9-11-15(12-10-8-6-4-2)16-13-14-17(18)19-16/h13-15H,3-12H2,1-2H3. The molecule has 110 valence electrons. The van der Waals surface area contributed by atoms with E-state index >= 15 is 0 Å². The minimum atomic E-state index is 0.625. The topological polar surface area (TPSA) is 13.1 Å². The lowest BCUT2D eigenvalue weighted by atomic mass is 9.92. The Morgan fingerprint density at radius 3 is 1.89 bits per heavy atom. The van der Waals surface area contributed by atoms with E-state index in [9.17, 15) is 0 Å². The molecule has 0 aliphatic carbocycles. The van der Waals surface area contributed by atoms with E-state index < -0.39 is 0 Å². The van der Waals surface area contributed by atoms with Crippen LogP contribution in [0.3, 0.4) is 0 Å². The van der Waals surface area contributed by atoms with Crippen molar-refractivity contribution in [3.63, 3.8) is 0 Å². The zero-order chi connectivity index (χ0) is 13.9. The molecule has 1 heterocycles. The van der Waals surface area contributed by atoms with E-state index in [0.717, 1.165) is 4.67 Å². The predicted octanol–water partition coefficient (Wildman–Crippen LogP) is 7.07. The number of halogens is 1. The first-order valence-electron chi connectivity index (χ1n) is 8.03. The summed E-state index contributed by atoms with van der Waals surface area (Å²) in [4.78, 5) is 0. The fourth-order valence-electron chi connectivity index (χ4n) is 2.61. The molecule has 1 rings (SSSR count). The molecule has 1 nitrogen and oxygen atoms in total. The van der Waals surface area contributed by atoms with Gasteiger partial charge in [0.1, 0.15) is 5.76 Å². The normalized spacial score (nSPS) is 11.4. The molecule has 0 saturated carbocycles. The second kappa shape index (κ2) is 10.5. The lowest BCUT2D eigenvalue weighted by Crippen LogP contribution is -1.98. The molecular formula is C17H29BrO. The summed E-state index contributed by atoms with van der Waals surface area (Å²) in [6.07, 6.45) is 13.3. The van der Waals surface area contributed by atoms with Crippen LogP contribution >= 0.6 is 15.9 Å². The van der Waals surface area contributed by atoms with Gasteiger partial charge in [0.15, 0.2) is 4.67 Å². The lowest BCUT2D eigenvalue weighted by Gasteiger charge is -2.14. The Morgan fingerprint density at radius 1 is 0.895 bits per heavy atom. The van der Waals surface area contributed by atoms with Crippen molar-refractivity contribution in [1.82, 2.24) is 0 Å². The van der Waals surface area contributed by atoms with Crippen LogP contribution in [0.2, 0.25) is 0 Å². The van der Waals surface area contributed by atoms with Crippen LogP contribution in [0.5, 0.6) is 0 Å². The Kier molecular flexibility index (Phi) is 9.32. The van der Waals surface area contributed by atoms with E-state index in [-0.39, 0.29) is 0 Å². The molecule has 0 aliphatic rings. The second-order valence-electron chi connectivity index (χ2n) is 5.54. The Hall–Kier alpha value is -0.240. The summed E-state index contributed by atoms with van der Waals surface area (Å²) in [5.74, 6) is 1.81. The maximum atomic E-state index is 5.78. The molecule has 0 spiro atoms. The molecule has 0 amide bonds. The molecule has 2 heteroatoms. The SMILES string of the molecule is CCCCCCC(CCCCCC)c1ccc(Br)o1. The van der Waals surface area contributed by atoms with Crippen molar-refractivity contribution in [3.05, 3.63) is 22.6 Å². The highest BCUT2D eigenvalue weighted by Crippen LogP contribution is 2.31. The Labute approximate surface area is 127 Å². The largest absolute Gasteiger partial charge is 0.454 e. The minimum absolute atomic E-state index is 0.625. The van der Waals surface area contributed by atoms with Crippen LogP contribution in [0, 0.1) is 0 Å². The van der Waals surface area contributed by atoms with Crippen molar-refractivity contribution in [2.75, 3.05) is 0 Å². The van der Waals surface area contributed by atoms with Crippen molar-refractivity contribution in [3.8, 4) is 0 Å². The van der Waals surface area contributed by atoms with Crippen molar-refractivity contribution >= 4 is 15.9 Å². The van der Waals surface area contributed by atoms with Crippen LogP contribution < -0.4 is 0 Å². The van der Waals surface area contributed by atoms with E-state index in [0.29, 0.717) is 5.92 Å². The lowest BCUT2D eigenvalue weighted by molar-refractivity contribution is 0.397. The van der Waals surface area contributed by atoms with E-state index in [1.165, 1.54) is 70.0 Å². The molecule has 0 unspecified atom stereocenters. The van der Waals surface area contributed by atoms with Gasteiger partial charge in [0.2, 0.25) is 0 Å². The van der Waals surface area contributed by atoms with Crippen LogP contribution in [0.4, 0.5) is 0 Å². The quantitative estimate of drug-likeness (QED) is 0.396. The van der Waals surface area contributed by atoms with Crippen molar-refractivity contribution in [2.24, 2.45) is 0 Å². The second-order valence-corrected chi connectivity index (χ2v) is 6.32. The molecular weight excluding hydrogens is 300 g/mol. The van der Waals surface area contributed by atoms with Gasteiger partial charge >= 0.3 is 0 Å². The summed E-state index contributed by atoms with van der Waals surface area (Å²) in [5, 5.41) is 0. The first kappa shape index (κ1) is 16.8. The third-order valence-electron chi connectivity index (χ3n) is 3.81. The molecule has 0 atom stereocenters. The van der Waals surface area contributed by atoms with Gasteiger partial charge in [0.25, 0.3) is 0 Å². The third-order valence-corrected chi connectivity index (χ3v) is 4.23. The van der Waals surface area contributed by atoms with Gasteiger partial charge in [-0.25, -0.2) is 0 Å². The Morgan fingerprint density at radius 2 is 1.47 bits per heavy atom. The summed E-state index contributed by atoms with van der Waals surface area (Å²) in [7, 11) is 0. The van der Waals surface area contributed by atoms with Crippen molar-refractivity contribution in [1.29, 1.82) is 0 Å². The van der Waals surface area contributed by atoms with Gasteiger partial charge in [-0.15, -0.1) is 0 Å². The Bertz CT molecular complexity index is 307. The zero-order valence-electron chi connectivity index (χ0n) is 12.6. The van der Waals surface area contributed by atoms with E-state index in [1.807, 2.05) is 6.07 Å². The molecule has 1 aromatic rings. The molecule has 0 saturated heterocycles. The highest BCUT2D eigenvalue weighted by atomic mass is 79.9. The molecule has 0 bridgehead atoms. The molecule has 0 aliphatic heterocycles.